The van der Waals surface area contributed by atoms with Gasteiger partial charge in [-0.25, -0.2) is 9.37 Å². The molecule has 0 amide bonds. The lowest BCUT2D eigenvalue weighted by Crippen LogP contribution is -1.97. The van der Waals surface area contributed by atoms with Crippen LogP contribution in [0.15, 0.2) is 29.4 Å². The van der Waals surface area contributed by atoms with Gasteiger partial charge in [0, 0.05) is 17.1 Å². The zero-order valence-electron chi connectivity index (χ0n) is 17.6. The number of hydrogen-bond acceptors (Lipinski definition) is 5. The van der Waals surface area contributed by atoms with Crippen LogP contribution in [0.4, 0.5) is 10.2 Å². The highest BCUT2D eigenvalue weighted by Gasteiger charge is 2.20. The molecule has 3 heterocycles. The molecule has 0 saturated heterocycles. The fourth-order valence-corrected chi connectivity index (χ4v) is 3.84. The van der Waals surface area contributed by atoms with E-state index in [1.54, 1.807) is 29.8 Å². The molecule has 4 aromatic rings. The molecule has 5 rings (SSSR count). The summed E-state index contributed by atoms with van der Waals surface area (Å²) in [6, 6.07) is 3.59. The van der Waals surface area contributed by atoms with Crippen LogP contribution in [0.5, 0.6) is 0 Å². The Morgan fingerprint density at radius 2 is 1.97 bits per heavy atom. The summed E-state index contributed by atoms with van der Waals surface area (Å²) in [4.78, 5) is 16.0. The van der Waals surface area contributed by atoms with Crippen LogP contribution in [0.2, 0.25) is 0 Å². The fraction of sp³-hybridized carbons (Fsp3) is 0.318. The zero-order valence-corrected chi connectivity index (χ0v) is 18.4. The van der Waals surface area contributed by atoms with Gasteiger partial charge in [0.05, 0.1) is 16.6 Å². The van der Waals surface area contributed by atoms with E-state index in [1.807, 2.05) is 26.2 Å². The van der Waals surface area contributed by atoms with Gasteiger partial charge in [-0.1, -0.05) is 33.1 Å². The summed E-state index contributed by atoms with van der Waals surface area (Å²) in [5, 5.41) is 7.78. The van der Waals surface area contributed by atoms with Gasteiger partial charge in [-0.05, 0) is 36.4 Å². The largest absolute Gasteiger partial charge is 0.382 e. The van der Waals surface area contributed by atoms with Gasteiger partial charge < -0.3 is 5.73 Å². The monoisotopic (exact) mass is 427 g/mol. The van der Waals surface area contributed by atoms with E-state index in [0.29, 0.717) is 27.9 Å². The number of carbonyl (C=O) groups is 1. The van der Waals surface area contributed by atoms with Crippen LogP contribution in [-0.4, -0.2) is 32.1 Å². The average Bonchev–Trinajstić information content (AvgIpc) is 3.51. The summed E-state index contributed by atoms with van der Waals surface area (Å²) in [5.74, 6) is -0.110. The smallest absolute Gasteiger partial charge is 0.170 e. The molecule has 1 aliphatic rings. The van der Waals surface area contributed by atoms with E-state index in [2.05, 4.69) is 15.2 Å². The minimum atomic E-state index is -0.278. The molecule has 0 bridgehead atoms. The number of anilines is 1. The Kier molecular flexibility index (Phi) is 6.77. The minimum absolute atomic E-state index is 0.168. The van der Waals surface area contributed by atoms with Gasteiger partial charge in [-0.3, -0.25) is 14.3 Å². The Morgan fingerprint density at radius 1 is 1.27 bits per heavy atom. The van der Waals surface area contributed by atoms with Crippen molar-refractivity contribution in [1.29, 1.82) is 0 Å². The lowest BCUT2D eigenvalue weighted by atomic mass is 9.97. The molecule has 0 radical (unpaired) electrons. The number of benzene rings is 1. The van der Waals surface area contributed by atoms with Crippen molar-refractivity contribution in [1.82, 2.24) is 19.6 Å². The van der Waals surface area contributed by atoms with Crippen LogP contribution < -0.4 is 5.73 Å². The first kappa shape index (κ1) is 21.8. The molecule has 0 unspecified atom stereocenters. The minimum Gasteiger partial charge on any atom is -0.382 e. The van der Waals surface area contributed by atoms with Gasteiger partial charge in [0.25, 0.3) is 0 Å². The maximum atomic E-state index is 14.9. The summed E-state index contributed by atoms with van der Waals surface area (Å²) in [6.45, 7) is 5.74. The van der Waals surface area contributed by atoms with Crippen molar-refractivity contribution in [2.24, 2.45) is 0 Å². The molecule has 1 saturated carbocycles. The Labute approximate surface area is 179 Å². The normalized spacial score (nSPS) is 12.2. The third-order valence-corrected chi connectivity index (χ3v) is 5.47. The molecule has 1 fully saturated rings. The Balaban J connectivity index is 0.000000460. The number of fused-ring (bicyclic) bond motifs is 2. The van der Waals surface area contributed by atoms with E-state index in [9.17, 15) is 9.18 Å². The summed E-state index contributed by atoms with van der Waals surface area (Å²) in [5.41, 5.74) is 9.28. The van der Waals surface area contributed by atoms with Gasteiger partial charge in [-0.2, -0.15) is 5.10 Å². The van der Waals surface area contributed by atoms with E-state index in [1.165, 1.54) is 31.0 Å². The van der Waals surface area contributed by atoms with E-state index in [4.69, 9.17) is 5.73 Å². The molecule has 0 atom stereocenters. The number of pyridine rings is 1. The first-order valence-corrected chi connectivity index (χ1v) is 11.2. The van der Waals surface area contributed by atoms with E-state index in [-0.39, 0.29) is 17.3 Å². The van der Waals surface area contributed by atoms with E-state index >= 15 is 0 Å². The van der Waals surface area contributed by atoms with Crippen molar-refractivity contribution in [2.75, 3.05) is 12.0 Å². The first-order chi connectivity index (χ1) is 14.6. The lowest BCUT2D eigenvalue weighted by Gasteiger charge is -2.13. The predicted molar refractivity (Wildman–Crippen MR) is 122 cm³/mol. The summed E-state index contributed by atoms with van der Waals surface area (Å²) in [6.07, 6.45) is 10.4. The highest BCUT2D eigenvalue weighted by Crippen LogP contribution is 2.39. The maximum Gasteiger partial charge on any atom is 0.170 e. The van der Waals surface area contributed by atoms with Gasteiger partial charge in [0.15, 0.2) is 12.1 Å². The summed E-state index contributed by atoms with van der Waals surface area (Å²) < 4.78 is 16.5. The number of aromatic amines is 1. The fourth-order valence-electron chi connectivity index (χ4n) is 3.15. The molecular weight excluding hydrogens is 401 g/mol. The standard InChI is InChI=1S/C17H14FN5OS.C3H6.C2H6/c1-8-13(10-5-20-22-15(10)16(25-2)14(8)18)9-3-4-12-21-17(19)11(7-24)23(12)6-9;1-2-3-1;1-2/h3-7H,19H2,1-2H3,(H,20,22);1-3H2;1-2H3. The number of nitrogens with zero attached hydrogens (tertiary/aromatic N) is 3. The topological polar surface area (TPSA) is 89.1 Å². The third-order valence-electron chi connectivity index (χ3n) is 4.68. The Hall–Kier alpha value is -2.87. The number of carbonyl (C=O) groups excluding carboxylic acids is 1. The molecule has 6 nitrogen and oxygen atoms in total. The van der Waals surface area contributed by atoms with Crippen molar-refractivity contribution in [3.8, 4) is 11.1 Å². The van der Waals surface area contributed by atoms with Crippen molar-refractivity contribution in [3.05, 3.63) is 41.6 Å². The van der Waals surface area contributed by atoms with Crippen LogP contribution in [0.3, 0.4) is 0 Å². The van der Waals surface area contributed by atoms with E-state index in [0.717, 1.165) is 16.5 Å². The van der Waals surface area contributed by atoms with Crippen LogP contribution >= 0.6 is 11.8 Å². The van der Waals surface area contributed by atoms with Gasteiger partial charge in [0.2, 0.25) is 0 Å². The Bertz CT molecular complexity index is 1190. The molecule has 1 aromatic carbocycles. The number of H-pyrrole nitrogens is 1. The number of halogens is 1. The van der Waals surface area contributed by atoms with Crippen LogP contribution in [0.1, 0.15) is 49.2 Å². The van der Waals surface area contributed by atoms with Crippen molar-refractivity contribution in [2.45, 2.75) is 44.9 Å². The summed E-state index contributed by atoms with van der Waals surface area (Å²) in [7, 11) is 0. The number of aldehydes is 1. The molecule has 3 N–H and O–H groups in total. The molecule has 0 spiro atoms. The quantitative estimate of drug-likeness (QED) is 0.326. The molecule has 1 aliphatic carbocycles. The lowest BCUT2D eigenvalue weighted by molar-refractivity contribution is 0.111. The number of rotatable bonds is 3. The number of nitrogens with two attached hydrogens (primary N) is 1. The number of imidazole rings is 1. The van der Waals surface area contributed by atoms with Crippen LogP contribution in [0, 0.1) is 12.7 Å². The average molecular weight is 428 g/mol. The maximum absolute atomic E-state index is 14.9. The second-order valence-electron chi connectivity index (χ2n) is 6.71. The molecular formula is C22H26FN5OS. The van der Waals surface area contributed by atoms with Crippen LogP contribution in [-0.2, 0) is 0 Å². The van der Waals surface area contributed by atoms with Crippen molar-refractivity contribution in [3.63, 3.8) is 0 Å². The van der Waals surface area contributed by atoms with E-state index < -0.39 is 0 Å². The molecule has 30 heavy (non-hydrogen) atoms. The first-order valence-electron chi connectivity index (χ1n) is 9.99. The number of hydrogen-bond donors (Lipinski definition) is 2. The molecule has 3 aromatic heterocycles. The second-order valence-corrected chi connectivity index (χ2v) is 7.53. The zero-order chi connectivity index (χ0) is 21.8. The van der Waals surface area contributed by atoms with Crippen molar-refractivity contribution < 1.29 is 9.18 Å². The highest BCUT2D eigenvalue weighted by atomic mass is 32.2. The number of thioether (sulfide) groups is 1. The molecule has 158 valence electrons. The van der Waals surface area contributed by atoms with Gasteiger partial charge >= 0.3 is 0 Å². The van der Waals surface area contributed by atoms with Crippen LogP contribution in [0.25, 0.3) is 27.7 Å². The summed E-state index contributed by atoms with van der Waals surface area (Å²) >= 11 is 1.34. The number of nitrogen functional groups attached to an aromatic ring is 1. The number of nitrogens with one attached hydrogen (secondary N) is 1. The predicted octanol–water partition coefficient (Wildman–Crippen LogP) is 5.64. The van der Waals surface area contributed by atoms with Gasteiger partial charge in [-0.15, -0.1) is 11.8 Å². The highest BCUT2D eigenvalue weighted by molar-refractivity contribution is 7.98. The third kappa shape index (κ3) is 3.92. The molecule has 8 heteroatoms. The SMILES string of the molecule is C1CC1.CC.CSc1c(F)c(C)c(-c2ccc3nc(N)c(C=O)n3c2)c2cn[nH]c12. The van der Waals surface area contributed by atoms with Crippen molar-refractivity contribution >= 4 is 40.4 Å². The Morgan fingerprint density at radius 3 is 2.57 bits per heavy atom. The van der Waals surface area contributed by atoms with Gasteiger partial charge in [0.1, 0.15) is 17.2 Å². The number of aromatic nitrogens is 4. The second kappa shape index (κ2) is 9.30. The molecule has 0 aliphatic heterocycles.